The van der Waals surface area contributed by atoms with Crippen LogP contribution in [0.3, 0.4) is 0 Å². The van der Waals surface area contributed by atoms with Crippen LogP contribution in [0.1, 0.15) is 50.7 Å². The average molecular weight is 227 g/mol. The lowest BCUT2D eigenvalue weighted by Crippen LogP contribution is -1.91. The minimum Gasteiger partial charge on any atom is -0.361 e. The molecule has 0 saturated heterocycles. The largest absolute Gasteiger partial charge is 0.361 e. The maximum atomic E-state index is 3.40. The summed E-state index contributed by atoms with van der Waals surface area (Å²) in [6, 6.07) is 10.9. The second kappa shape index (κ2) is 4.79. The van der Waals surface area contributed by atoms with Crippen LogP contribution in [0.2, 0.25) is 0 Å². The molecule has 0 aliphatic carbocycles. The monoisotopic (exact) mass is 227 g/mol. The van der Waals surface area contributed by atoms with Crippen molar-refractivity contribution < 1.29 is 0 Å². The van der Waals surface area contributed by atoms with E-state index in [4.69, 9.17) is 0 Å². The molecular weight excluding hydrogens is 206 g/mol. The predicted octanol–water partition coefficient (Wildman–Crippen LogP) is 4.93. The van der Waals surface area contributed by atoms with Crippen molar-refractivity contribution in [1.29, 1.82) is 0 Å². The second-order valence-electron chi connectivity index (χ2n) is 5.24. The Morgan fingerprint density at radius 1 is 0.941 bits per heavy atom. The first-order valence-electron chi connectivity index (χ1n) is 6.37. The first-order valence-corrected chi connectivity index (χ1v) is 6.37. The number of benzene rings is 1. The molecule has 2 aromatic rings. The van der Waals surface area contributed by atoms with Crippen molar-refractivity contribution in [3.8, 4) is 11.3 Å². The molecule has 1 heteroatoms. The molecular formula is C16H21N. The van der Waals surface area contributed by atoms with Gasteiger partial charge in [-0.3, -0.25) is 0 Å². The fraction of sp³-hybridized carbons (Fsp3) is 0.375. The zero-order chi connectivity index (χ0) is 12.4. The minimum atomic E-state index is 0.553. The smallest absolute Gasteiger partial charge is 0.0459 e. The van der Waals surface area contributed by atoms with E-state index in [1.807, 2.05) is 0 Å². The van der Waals surface area contributed by atoms with Gasteiger partial charge in [0.15, 0.2) is 0 Å². The minimum absolute atomic E-state index is 0.553. The van der Waals surface area contributed by atoms with Gasteiger partial charge in [0.1, 0.15) is 0 Å². The molecule has 90 valence electrons. The summed E-state index contributed by atoms with van der Waals surface area (Å²) < 4.78 is 0. The van der Waals surface area contributed by atoms with Crippen LogP contribution in [0.4, 0.5) is 0 Å². The Morgan fingerprint density at radius 3 is 2.24 bits per heavy atom. The highest BCUT2D eigenvalue weighted by Crippen LogP contribution is 2.29. The van der Waals surface area contributed by atoms with Crippen molar-refractivity contribution in [3.05, 3.63) is 47.7 Å². The number of aromatic nitrogens is 1. The molecule has 0 radical (unpaired) electrons. The van der Waals surface area contributed by atoms with E-state index in [2.05, 4.69) is 69.2 Å². The first kappa shape index (κ1) is 12.0. The van der Waals surface area contributed by atoms with Gasteiger partial charge in [-0.1, -0.05) is 52.0 Å². The second-order valence-corrected chi connectivity index (χ2v) is 5.24. The molecule has 17 heavy (non-hydrogen) atoms. The van der Waals surface area contributed by atoms with Crippen LogP contribution in [0.25, 0.3) is 11.3 Å². The third-order valence-corrected chi connectivity index (χ3v) is 3.24. The summed E-state index contributed by atoms with van der Waals surface area (Å²) in [5, 5.41) is 0. The molecule has 0 spiro atoms. The van der Waals surface area contributed by atoms with Gasteiger partial charge in [-0.25, -0.2) is 0 Å². The maximum Gasteiger partial charge on any atom is 0.0459 e. The summed E-state index contributed by atoms with van der Waals surface area (Å²) >= 11 is 0. The van der Waals surface area contributed by atoms with Crippen molar-refractivity contribution in [1.82, 2.24) is 4.98 Å². The summed E-state index contributed by atoms with van der Waals surface area (Å²) in [5.74, 6) is 1.13. The number of hydrogen-bond donors (Lipinski definition) is 1. The molecule has 0 atom stereocenters. The molecule has 0 saturated carbocycles. The SMILES string of the molecule is CC(C)c1c[nH]c(-c2ccccc2C(C)C)c1. The normalized spacial score (nSPS) is 11.4. The van der Waals surface area contributed by atoms with Crippen LogP contribution in [-0.2, 0) is 0 Å². The molecule has 1 heterocycles. The molecule has 0 fully saturated rings. The van der Waals surface area contributed by atoms with E-state index in [0.717, 1.165) is 0 Å². The van der Waals surface area contributed by atoms with Crippen molar-refractivity contribution in [2.45, 2.75) is 39.5 Å². The van der Waals surface area contributed by atoms with Crippen molar-refractivity contribution in [2.24, 2.45) is 0 Å². The van der Waals surface area contributed by atoms with Crippen LogP contribution in [0, 0.1) is 0 Å². The van der Waals surface area contributed by atoms with E-state index in [0.29, 0.717) is 11.8 Å². The van der Waals surface area contributed by atoms with Crippen LogP contribution in [0.15, 0.2) is 36.5 Å². The van der Waals surface area contributed by atoms with Crippen LogP contribution in [-0.4, -0.2) is 4.98 Å². The van der Waals surface area contributed by atoms with Crippen LogP contribution in [0.5, 0.6) is 0 Å². The number of aromatic amines is 1. The van der Waals surface area contributed by atoms with E-state index in [1.54, 1.807) is 0 Å². The number of hydrogen-bond acceptors (Lipinski definition) is 0. The topological polar surface area (TPSA) is 15.8 Å². The third-order valence-electron chi connectivity index (χ3n) is 3.24. The zero-order valence-corrected chi connectivity index (χ0v) is 11.1. The Bertz CT molecular complexity index is 492. The summed E-state index contributed by atoms with van der Waals surface area (Å²) in [6.45, 7) is 8.93. The van der Waals surface area contributed by atoms with Gasteiger partial charge in [-0.15, -0.1) is 0 Å². The van der Waals surface area contributed by atoms with E-state index in [-0.39, 0.29) is 0 Å². The Hall–Kier alpha value is -1.50. The lowest BCUT2D eigenvalue weighted by molar-refractivity contribution is 0.867. The summed E-state index contributed by atoms with van der Waals surface area (Å²) in [5.41, 5.74) is 5.34. The standard InChI is InChI=1S/C16H21N/c1-11(2)13-9-16(17-10-13)15-8-6-5-7-14(15)12(3)4/h5-12,17H,1-4H3. The van der Waals surface area contributed by atoms with E-state index in [9.17, 15) is 0 Å². The summed E-state index contributed by atoms with van der Waals surface area (Å²) in [7, 11) is 0. The highest BCUT2D eigenvalue weighted by molar-refractivity contribution is 5.65. The van der Waals surface area contributed by atoms with Gasteiger partial charge in [-0.2, -0.15) is 0 Å². The van der Waals surface area contributed by atoms with Crippen LogP contribution < -0.4 is 0 Å². The molecule has 0 amide bonds. The number of nitrogens with one attached hydrogen (secondary N) is 1. The molecule has 1 aromatic carbocycles. The highest BCUT2D eigenvalue weighted by Gasteiger charge is 2.10. The van der Waals surface area contributed by atoms with Crippen LogP contribution >= 0.6 is 0 Å². The Kier molecular flexibility index (Phi) is 3.37. The molecule has 2 rings (SSSR count). The lowest BCUT2D eigenvalue weighted by Gasteiger charge is -2.11. The van der Waals surface area contributed by atoms with Gasteiger partial charge >= 0.3 is 0 Å². The van der Waals surface area contributed by atoms with Gasteiger partial charge < -0.3 is 4.98 Å². The molecule has 0 aliphatic heterocycles. The Morgan fingerprint density at radius 2 is 1.65 bits per heavy atom. The van der Waals surface area contributed by atoms with Gasteiger partial charge in [0.05, 0.1) is 0 Å². The Labute approximate surface area is 104 Å². The van der Waals surface area contributed by atoms with Gasteiger partial charge in [0.25, 0.3) is 0 Å². The molecule has 1 nitrogen and oxygen atoms in total. The van der Waals surface area contributed by atoms with Crippen molar-refractivity contribution in [2.75, 3.05) is 0 Å². The number of rotatable bonds is 3. The quantitative estimate of drug-likeness (QED) is 0.765. The van der Waals surface area contributed by atoms with Gasteiger partial charge in [-0.05, 0) is 29.0 Å². The van der Waals surface area contributed by atoms with Gasteiger partial charge in [0.2, 0.25) is 0 Å². The van der Waals surface area contributed by atoms with Crippen molar-refractivity contribution >= 4 is 0 Å². The summed E-state index contributed by atoms with van der Waals surface area (Å²) in [4.78, 5) is 3.40. The first-order chi connectivity index (χ1) is 8.09. The fourth-order valence-electron chi connectivity index (χ4n) is 2.15. The Balaban J connectivity index is 2.45. The lowest BCUT2D eigenvalue weighted by atomic mass is 9.95. The van der Waals surface area contributed by atoms with Gasteiger partial charge in [0, 0.05) is 17.5 Å². The van der Waals surface area contributed by atoms with E-state index >= 15 is 0 Å². The third kappa shape index (κ3) is 2.44. The molecule has 1 N–H and O–H groups in total. The molecule has 0 bridgehead atoms. The fourth-order valence-corrected chi connectivity index (χ4v) is 2.15. The summed E-state index contributed by atoms with van der Waals surface area (Å²) in [6.07, 6.45) is 2.12. The highest BCUT2D eigenvalue weighted by atomic mass is 14.7. The zero-order valence-electron chi connectivity index (χ0n) is 11.1. The molecule has 0 unspecified atom stereocenters. The van der Waals surface area contributed by atoms with E-state index in [1.165, 1.54) is 22.4 Å². The number of H-pyrrole nitrogens is 1. The maximum absolute atomic E-state index is 3.40. The average Bonchev–Trinajstić information content (AvgIpc) is 2.78. The predicted molar refractivity (Wildman–Crippen MR) is 74.4 cm³/mol. The molecule has 0 aliphatic rings. The van der Waals surface area contributed by atoms with E-state index < -0.39 is 0 Å². The molecule has 1 aromatic heterocycles. The van der Waals surface area contributed by atoms with Crippen molar-refractivity contribution in [3.63, 3.8) is 0 Å².